The Morgan fingerprint density at radius 1 is 1.11 bits per heavy atom. The summed E-state index contributed by atoms with van der Waals surface area (Å²) >= 11 is 0. The van der Waals surface area contributed by atoms with Gasteiger partial charge < -0.3 is 10.2 Å². The van der Waals surface area contributed by atoms with Gasteiger partial charge in [0.25, 0.3) is 0 Å². The number of hydrogen-bond acceptors (Lipinski definition) is 2. The van der Waals surface area contributed by atoms with Gasteiger partial charge in [0.15, 0.2) is 0 Å². The zero-order valence-electron chi connectivity index (χ0n) is 13.2. The molecular weight excluding hydrogens is 232 g/mol. The predicted molar refractivity (Wildman–Crippen MR) is 83.5 cm³/mol. The van der Waals surface area contributed by atoms with E-state index >= 15 is 0 Å². The van der Waals surface area contributed by atoms with Crippen molar-refractivity contribution >= 4 is 0 Å². The average molecular weight is 266 g/mol. The first-order valence-corrected chi connectivity index (χ1v) is 8.73. The lowest BCUT2D eigenvalue weighted by atomic mass is 9.88. The Morgan fingerprint density at radius 3 is 2.63 bits per heavy atom. The van der Waals surface area contributed by atoms with Crippen molar-refractivity contribution in [3.63, 3.8) is 0 Å². The van der Waals surface area contributed by atoms with E-state index in [1.807, 2.05) is 0 Å². The molecule has 2 aliphatic rings. The Kier molecular flexibility index (Phi) is 6.66. The number of unbranched alkanes of at least 4 members (excludes halogenated alkanes) is 1. The highest BCUT2D eigenvalue weighted by Crippen LogP contribution is 2.24. The first-order valence-electron chi connectivity index (χ1n) is 8.73. The van der Waals surface area contributed by atoms with Gasteiger partial charge in [-0.25, -0.2) is 0 Å². The maximum atomic E-state index is 3.89. The molecule has 2 fully saturated rings. The normalized spacial score (nSPS) is 30.6. The van der Waals surface area contributed by atoms with E-state index in [9.17, 15) is 0 Å². The van der Waals surface area contributed by atoms with Gasteiger partial charge in [0, 0.05) is 19.1 Å². The van der Waals surface area contributed by atoms with Crippen LogP contribution in [0.3, 0.4) is 0 Å². The van der Waals surface area contributed by atoms with E-state index in [1.165, 1.54) is 77.5 Å². The molecule has 1 aliphatic heterocycles. The predicted octanol–water partition coefficient (Wildman–Crippen LogP) is 3.67. The van der Waals surface area contributed by atoms with Gasteiger partial charge >= 0.3 is 0 Å². The van der Waals surface area contributed by atoms with E-state index in [1.54, 1.807) is 0 Å². The molecule has 0 aromatic heterocycles. The largest absolute Gasteiger partial charge is 0.312 e. The summed E-state index contributed by atoms with van der Waals surface area (Å²) in [5.74, 6) is 1.84. The summed E-state index contributed by atoms with van der Waals surface area (Å²) in [6, 6.07) is 0.752. The van der Waals surface area contributed by atoms with E-state index in [2.05, 4.69) is 24.1 Å². The summed E-state index contributed by atoms with van der Waals surface area (Å²) in [7, 11) is 0. The van der Waals surface area contributed by atoms with Crippen LogP contribution in [0.5, 0.6) is 0 Å². The van der Waals surface area contributed by atoms with Crippen LogP contribution in [0, 0.1) is 11.8 Å². The molecule has 1 aliphatic carbocycles. The number of hydrogen-bond donors (Lipinski definition) is 1. The monoisotopic (exact) mass is 266 g/mol. The summed E-state index contributed by atoms with van der Waals surface area (Å²) < 4.78 is 0. The lowest BCUT2D eigenvalue weighted by Gasteiger charge is -2.37. The third kappa shape index (κ3) is 5.43. The van der Waals surface area contributed by atoms with Gasteiger partial charge in [-0.05, 0) is 50.6 Å². The van der Waals surface area contributed by atoms with Gasteiger partial charge in [-0.3, -0.25) is 0 Å². The van der Waals surface area contributed by atoms with E-state index in [-0.39, 0.29) is 0 Å². The lowest BCUT2D eigenvalue weighted by Crippen LogP contribution is -2.49. The molecule has 2 rings (SSSR count). The molecule has 1 saturated heterocycles. The quantitative estimate of drug-likeness (QED) is 0.789. The molecule has 2 unspecified atom stereocenters. The standard InChI is InChI=1S/C17H34N2/c1-3-4-10-19-13-15(2)11-17(14-19)18-12-16-8-6-5-7-9-16/h15-18H,3-14H2,1-2H3. The van der Waals surface area contributed by atoms with Crippen LogP contribution < -0.4 is 5.32 Å². The molecule has 19 heavy (non-hydrogen) atoms. The van der Waals surface area contributed by atoms with E-state index < -0.39 is 0 Å². The number of rotatable bonds is 6. The summed E-state index contributed by atoms with van der Waals surface area (Å²) in [5, 5.41) is 3.89. The van der Waals surface area contributed by atoms with Gasteiger partial charge in [-0.15, -0.1) is 0 Å². The van der Waals surface area contributed by atoms with Crippen LogP contribution in [0.2, 0.25) is 0 Å². The summed E-state index contributed by atoms with van der Waals surface area (Å²) in [5.41, 5.74) is 0. The molecule has 2 atom stereocenters. The smallest absolute Gasteiger partial charge is 0.0198 e. The Hall–Kier alpha value is -0.0800. The lowest BCUT2D eigenvalue weighted by molar-refractivity contribution is 0.143. The van der Waals surface area contributed by atoms with Gasteiger partial charge in [0.2, 0.25) is 0 Å². The van der Waals surface area contributed by atoms with Crippen molar-refractivity contribution in [2.75, 3.05) is 26.2 Å². The summed E-state index contributed by atoms with van der Waals surface area (Å²) in [6.07, 6.45) is 11.4. The Bertz CT molecular complexity index is 235. The zero-order chi connectivity index (χ0) is 13.5. The molecule has 0 spiro atoms. The topological polar surface area (TPSA) is 15.3 Å². The van der Waals surface area contributed by atoms with Crippen molar-refractivity contribution in [3.05, 3.63) is 0 Å². The van der Waals surface area contributed by atoms with Crippen molar-refractivity contribution in [1.82, 2.24) is 10.2 Å². The molecular formula is C17H34N2. The second-order valence-electron chi connectivity index (χ2n) is 7.06. The van der Waals surface area contributed by atoms with E-state index in [0.29, 0.717) is 0 Å². The van der Waals surface area contributed by atoms with Crippen LogP contribution in [0.4, 0.5) is 0 Å². The minimum atomic E-state index is 0.752. The number of nitrogens with one attached hydrogen (secondary N) is 1. The number of likely N-dealkylation sites (tertiary alicyclic amines) is 1. The van der Waals surface area contributed by atoms with Crippen molar-refractivity contribution in [2.45, 2.75) is 71.3 Å². The SMILES string of the molecule is CCCCN1CC(C)CC(NCC2CCCCC2)C1. The number of nitrogens with zero attached hydrogens (tertiary/aromatic N) is 1. The fourth-order valence-corrected chi connectivity index (χ4v) is 3.90. The fourth-order valence-electron chi connectivity index (χ4n) is 3.90. The maximum Gasteiger partial charge on any atom is 0.0198 e. The van der Waals surface area contributed by atoms with Crippen LogP contribution in [0.15, 0.2) is 0 Å². The van der Waals surface area contributed by atoms with Crippen molar-refractivity contribution in [1.29, 1.82) is 0 Å². The van der Waals surface area contributed by atoms with Gasteiger partial charge in [0.1, 0.15) is 0 Å². The highest BCUT2D eigenvalue weighted by atomic mass is 15.2. The molecule has 0 aromatic rings. The zero-order valence-corrected chi connectivity index (χ0v) is 13.2. The van der Waals surface area contributed by atoms with Gasteiger partial charge in [-0.1, -0.05) is 39.5 Å². The highest BCUT2D eigenvalue weighted by molar-refractivity contribution is 4.82. The van der Waals surface area contributed by atoms with Crippen LogP contribution in [-0.4, -0.2) is 37.1 Å². The molecule has 1 saturated carbocycles. The minimum Gasteiger partial charge on any atom is -0.312 e. The average Bonchev–Trinajstić information content (AvgIpc) is 2.43. The van der Waals surface area contributed by atoms with Crippen LogP contribution in [0.25, 0.3) is 0 Å². The van der Waals surface area contributed by atoms with E-state index in [4.69, 9.17) is 0 Å². The maximum absolute atomic E-state index is 3.89. The van der Waals surface area contributed by atoms with Gasteiger partial charge in [0.05, 0.1) is 0 Å². The third-order valence-electron chi connectivity index (χ3n) is 4.98. The molecule has 0 bridgehead atoms. The molecule has 0 amide bonds. The van der Waals surface area contributed by atoms with Crippen molar-refractivity contribution in [2.24, 2.45) is 11.8 Å². The molecule has 1 heterocycles. The highest BCUT2D eigenvalue weighted by Gasteiger charge is 2.24. The minimum absolute atomic E-state index is 0.752. The second-order valence-corrected chi connectivity index (χ2v) is 7.06. The first-order chi connectivity index (χ1) is 9.28. The molecule has 2 heteroatoms. The summed E-state index contributed by atoms with van der Waals surface area (Å²) in [6.45, 7) is 9.92. The van der Waals surface area contributed by atoms with E-state index in [0.717, 1.165) is 17.9 Å². The fraction of sp³-hybridized carbons (Fsp3) is 1.00. The first kappa shape index (κ1) is 15.3. The third-order valence-corrected chi connectivity index (χ3v) is 4.98. The van der Waals surface area contributed by atoms with Crippen LogP contribution >= 0.6 is 0 Å². The Balaban J connectivity index is 1.69. The van der Waals surface area contributed by atoms with Crippen molar-refractivity contribution < 1.29 is 0 Å². The van der Waals surface area contributed by atoms with Crippen LogP contribution in [0.1, 0.15) is 65.2 Å². The molecule has 0 aromatic carbocycles. The molecule has 2 nitrogen and oxygen atoms in total. The Labute approximate surface area is 120 Å². The summed E-state index contributed by atoms with van der Waals surface area (Å²) in [4.78, 5) is 2.69. The van der Waals surface area contributed by atoms with Crippen LogP contribution in [-0.2, 0) is 0 Å². The Morgan fingerprint density at radius 2 is 1.89 bits per heavy atom. The second kappa shape index (κ2) is 8.26. The number of piperidine rings is 1. The van der Waals surface area contributed by atoms with Crippen molar-refractivity contribution in [3.8, 4) is 0 Å². The molecule has 0 radical (unpaired) electrons. The molecule has 1 N–H and O–H groups in total. The van der Waals surface area contributed by atoms with Gasteiger partial charge in [-0.2, -0.15) is 0 Å². The molecule has 112 valence electrons.